The number of carbonyl (C=O) groups excluding carboxylic acids is 1. The molecule has 1 saturated heterocycles. The summed E-state index contributed by atoms with van der Waals surface area (Å²) in [5.74, 6) is -1.03. The van der Waals surface area contributed by atoms with Crippen LogP contribution < -0.4 is 10.2 Å². The van der Waals surface area contributed by atoms with E-state index in [9.17, 15) is 31.1 Å². The third-order valence-electron chi connectivity index (χ3n) is 6.06. The maximum Gasteiger partial charge on any atom is 0.416 e. The van der Waals surface area contributed by atoms with E-state index in [1.807, 2.05) is 0 Å². The summed E-state index contributed by atoms with van der Waals surface area (Å²) >= 11 is 0. The lowest BCUT2D eigenvalue weighted by molar-refractivity contribution is -0.138. The van der Waals surface area contributed by atoms with E-state index < -0.39 is 74.3 Å². The van der Waals surface area contributed by atoms with Crippen molar-refractivity contribution in [1.29, 1.82) is 0 Å². The number of para-hydroxylation sites is 1. The largest absolute Gasteiger partial charge is 0.461 e. The number of piperazine rings is 1. The molecule has 2 heterocycles. The Morgan fingerprint density at radius 1 is 0.857 bits per heavy atom. The minimum absolute atomic E-state index is 0.00754. The first-order valence-electron chi connectivity index (χ1n) is 16.3. The molecule has 4 aromatic rings. The molecule has 0 bridgehead atoms. The number of nitrogens with one attached hydrogen (secondary N) is 1. The number of hydrogen-bond acceptors (Lipinski definition) is 6. The molecular weight excluding hydrogens is 562 g/mol. The Hall–Kier alpha value is -4.32. The summed E-state index contributed by atoms with van der Waals surface area (Å²) in [4.78, 5) is 17.3. The Kier molecular flexibility index (Phi) is 5.81. The van der Waals surface area contributed by atoms with E-state index in [1.165, 1.54) is 36.5 Å². The Morgan fingerprint density at radius 3 is 2.31 bits per heavy atom. The normalized spacial score (nSPS) is 22.3. The van der Waals surface area contributed by atoms with Gasteiger partial charge in [0.1, 0.15) is 6.61 Å². The number of ether oxygens (including phenoxy) is 1. The average Bonchev–Trinajstić information content (AvgIpc) is 3.01. The fourth-order valence-electron chi connectivity index (χ4n) is 3.99. The fourth-order valence-corrected chi connectivity index (χ4v) is 3.99. The van der Waals surface area contributed by atoms with Crippen molar-refractivity contribution in [3.05, 3.63) is 95.7 Å². The Balaban J connectivity index is 1.37. The van der Waals surface area contributed by atoms with Crippen LogP contribution in [0.2, 0.25) is 0 Å². The SMILES string of the molecule is [2H]C1([2H])N(CCOC(=O)c2ccccc2Nc2ccnc3cc(C(F)(F)F)ccc23)C([2H])([2H])C([2H])([2H])N(c2cccc(C(F)(F)F)c2)C1([2H])[2H]. The average molecular weight is 597 g/mol. The Bertz CT molecular complexity index is 1900. The van der Waals surface area contributed by atoms with E-state index in [2.05, 4.69) is 10.3 Å². The lowest BCUT2D eigenvalue weighted by Crippen LogP contribution is -2.47. The van der Waals surface area contributed by atoms with Crippen LogP contribution in [-0.4, -0.2) is 55.0 Å². The van der Waals surface area contributed by atoms with Crippen LogP contribution in [0.4, 0.5) is 43.4 Å². The van der Waals surface area contributed by atoms with Crippen LogP contribution in [0.5, 0.6) is 0 Å². The van der Waals surface area contributed by atoms with Crippen molar-refractivity contribution in [2.24, 2.45) is 0 Å². The number of fused-ring (bicyclic) bond motifs is 1. The van der Waals surface area contributed by atoms with Crippen LogP contribution in [0.3, 0.4) is 0 Å². The molecule has 0 saturated carbocycles. The topological polar surface area (TPSA) is 57.7 Å². The second-order valence-electron chi connectivity index (χ2n) is 8.88. The molecule has 0 spiro atoms. The highest BCUT2D eigenvalue weighted by Crippen LogP contribution is 2.34. The number of anilines is 3. The highest BCUT2D eigenvalue weighted by Gasteiger charge is 2.32. The summed E-state index contributed by atoms with van der Waals surface area (Å²) in [5, 5.41) is 3.24. The molecule has 1 N–H and O–H groups in total. The first-order valence-corrected chi connectivity index (χ1v) is 12.3. The number of hydrogen-bond donors (Lipinski definition) is 1. The number of aromatic nitrogens is 1. The second kappa shape index (κ2) is 11.9. The first-order chi connectivity index (χ1) is 23.0. The summed E-state index contributed by atoms with van der Waals surface area (Å²) < 4.78 is 153. The zero-order chi connectivity index (χ0) is 37.1. The second-order valence-corrected chi connectivity index (χ2v) is 8.88. The molecule has 5 rings (SSSR count). The quantitative estimate of drug-likeness (QED) is 0.183. The predicted octanol–water partition coefficient (Wildman–Crippen LogP) is 7.00. The van der Waals surface area contributed by atoms with Crippen LogP contribution in [-0.2, 0) is 17.1 Å². The smallest absolute Gasteiger partial charge is 0.416 e. The third-order valence-corrected chi connectivity index (χ3v) is 6.06. The lowest BCUT2D eigenvalue weighted by Gasteiger charge is -2.36. The number of halogens is 6. The van der Waals surface area contributed by atoms with Gasteiger partial charge in [0.15, 0.2) is 0 Å². The summed E-state index contributed by atoms with van der Waals surface area (Å²) in [6.07, 6.45) is -8.26. The fraction of sp³-hybridized carbons (Fsp3) is 0.267. The first kappa shape index (κ1) is 20.5. The monoisotopic (exact) mass is 596 g/mol. The summed E-state index contributed by atoms with van der Waals surface area (Å²) in [5.41, 5.74) is -2.63. The van der Waals surface area contributed by atoms with Crippen LogP contribution in [0.1, 0.15) is 32.5 Å². The molecule has 0 atom stereocenters. The molecule has 1 aliphatic heterocycles. The van der Waals surface area contributed by atoms with Crippen LogP contribution in [0.25, 0.3) is 10.9 Å². The molecule has 3 aromatic carbocycles. The number of benzene rings is 3. The molecule has 0 aliphatic carbocycles. The molecule has 220 valence electrons. The van der Waals surface area contributed by atoms with Crippen molar-refractivity contribution >= 4 is 33.9 Å². The standard InChI is InChI=1S/C30H26F6N4O2/c31-29(32,33)20-4-3-5-22(18-20)40-14-12-39(13-15-40)16-17-42-28(41)24-6-1-2-7-25(24)38-26-10-11-37-27-19-21(30(34,35)36)8-9-23(26)27/h1-11,18-19H,12-17H2,(H,37,38)/i12D2,13D2,14D2,15D2. The van der Waals surface area contributed by atoms with Gasteiger partial charge < -0.3 is 15.0 Å². The molecular formula is C30H26F6N4O2. The third kappa shape index (κ3) is 6.76. The van der Waals surface area contributed by atoms with Gasteiger partial charge in [0.2, 0.25) is 0 Å². The number of alkyl halides is 6. The molecule has 0 radical (unpaired) electrons. The predicted molar refractivity (Wildman–Crippen MR) is 147 cm³/mol. The van der Waals surface area contributed by atoms with Gasteiger partial charge in [-0.2, -0.15) is 26.3 Å². The maximum absolute atomic E-state index is 13.4. The minimum atomic E-state index is -4.92. The van der Waals surface area contributed by atoms with Crippen LogP contribution in [0.15, 0.2) is 79.0 Å². The van der Waals surface area contributed by atoms with Gasteiger partial charge in [-0.3, -0.25) is 9.88 Å². The van der Waals surface area contributed by atoms with Crippen molar-refractivity contribution in [1.82, 2.24) is 9.88 Å². The Labute approximate surface area is 248 Å². The van der Waals surface area contributed by atoms with Gasteiger partial charge >= 0.3 is 18.3 Å². The molecule has 1 aliphatic rings. The molecule has 6 nitrogen and oxygen atoms in total. The molecule has 12 heteroatoms. The molecule has 42 heavy (non-hydrogen) atoms. The van der Waals surface area contributed by atoms with Gasteiger partial charge in [-0.1, -0.05) is 24.3 Å². The van der Waals surface area contributed by atoms with E-state index in [4.69, 9.17) is 15.7 Å². The summed E-state index contributed by atoms with van der Waals surface area (Å²) in [6, 6.07) is 13.0. The van der Waals surface area contributed by atoms with Crippen molar-refractivity contribution in [2.45, 2.75) is 12.4 Å². The lowest BCUT2D eigenvalue weighted by atomic mass is 10.1. The van der Waals surface area contributed by atoms with Crippen molar-refractivity contribution < 1.29 is 46.8 Å². The minimum Gasteiger partial charge on any atom is -0.461 e. The van der Waals surface area contributed by atoms with E-state index >= 15 is 0 Å². The summed E-state index contributed by atoms with van der Waals surface area (Å²) in [7, 11) is 0. The van der Waals surface area contributed by atoms with E-state index in [1.54, 1.807) is 6.07 Å². The van der Waals surface area contributed by atoms with Crippen LogP contribution in [0, 0.1) is 0 Å². The van der Waals surface area contributed by atoms with Gasteiger partial charge in [0.05, 0.1) is 33.4 Å². The zero-order valence-electron chi connectivity index (χ0n) is 29.3. The van der Waals surface area contributed by atoms with Gasteiger partial charge in [0.25, 0.3) is 0 Å². The van der Waals surface area contributed by atoms with Crippen LogP contribution >= 0.6 is 0 Å². The molecule has 0 unspecified atom stereocenters. The van der Waals surface area contributed by atoms with Crippen molar-refractivity contribution in [2.75, 3.05) is 49.4 Å². The highest BCUT2D eigenvalue weighted by molar-refractivity contribution is 5.99. The molecule has 1 aromatic heterocycles. The number of pyridine rings is 1. The molecule has 0 amide bonds. The number of esters is 1. The number of nitrogens with zero attached hydrogens (tertiary/aromatic N) is 3. The van der Waals surface area contributed by atoms with Crippen molar-refractivity contribution in [3.8, 4) is 0 Å². The van der Waals surface area contributed by atoms with Gasteiger partial charge in [-0.25, -0.2) is 4.79 Å². The summed E-state index contributed by atoms with van der Waals surface area (Å²) in [6.45, 7) is -15.4. The van der Waals surface area contributed by atoms with Gasteiger partial charge in [-0.05, 0) is 48.5 Å². The maximum atomic E-state index is 13.4. The van der Waals surface area contributed by atoms with E-state index in [-0.39, 0.29) is 32.3 Å². The van der Waals surface area contributed by atoms with Gasteiger partial charge in [-0.15, -0.1) is 0 Å². The molecule has 1 fully saturated rings. The van der Waals surface area contributed by atoms with Crippen molar-refractivity contribution in [3.63, 3.8) is 0 Å². The number of carbonyl (C=O) groups is 1. The zero-order valence-corrected chi connectivity index (χ0v) is 21.3. The highest BCUT2D eigenvalue weighted by atomic mass is 19.4. The van der Waals surface area contributed by atoms with E-state index in [0.29, 0.717) is 17.5 Å². The van der Waals surface area contributed by atoms with E-state index in [0.717, 1.165) is 24.3 Å². The van der Waals surface area contributed by atoms with Gasteiger partial charge in [0, 0.05) is 61.0 Å². The number of rotatable bonds is 7. The Morgan fingerprint density at radius 2 is 1.57 bits per heavy atom.